The van der Waals surface area contributed by atoms with E-state index in [1.165, 1.54) is 66.8 Å². The molecule has 0 aromatic heterocycles. The fourth-order valence-electron chi connectivity index (χ4n) is 8.33. The van der Waals surface area contributed by atoms with Gasteiger partial charge in [-0.1, -0.05) is 0 Å². The van der Waals surface area contributed by atoms with E-state index < -0.39 is 21.3 Å². The maximum absolute atomic E-state index is 8.85. The number of hydrogen-bond donors (Lipinski definition) is 0. The van der Waals surface area contributed by atoms with Gasteiger partial charge in [-0.25, -0.2) is 0 Å². The summed E-state index contributed by atoms with van der Waals surface area (Å²) in [6, 6.07) is 56.8. The molecule has 2 aliphatic rings. The predicted octanol–water partition coefficient (Wildman–Crippen LogP) is 12.9. The average molecular weight is 843 g/mol. The summed E-state index contributed by atoms with van der Waals surface area (Å²) in [5.41, 5.74) is 14.9. The molecule has 48 heavy (non-hydrogen) atoms. The summed E-state index contributed by atoms with van der Waals surface area (Å²) in [5, 5.41) is 0. The van der Waals surface area contributed by atoms with E-state index in [1.807, 2.05) is 0 Å². The SMILES string of the molecule is C[SiH](C)[Hf]([Cl])([Cl])([CH]1C(c2ccccc2)=Cc2c(-c3ccccc3)cccc21)[CH]1C(c2ccccc2)=Cc2c(-c3ccccc3)cccc21. The first-order valence-corrected chi connectivity index (χ1v) is 39.0. The minimum atomic E-state index is -5.27. The molecule has 235 valence electrons. The molecule has 6 aromatic carbocycles. The Morgan fingerprint density at radius 1 is 0.417 bits per heavy atom. The van der Waals surface area contributed by atoms with Crippen molar-refractivity contribution in [2.75, 3.05) is 0 Å². The van der Waals surface area contributed by atoms with Gasteiger partial charge in [-0.2, -0.15) is 0 Å². The number of hydrogen-bond acceptors (Lipinski definition) is 0. The van der Waals surface area contributed by atoms with Crippen LogP contribution in [0.25, 0.3) is 45.6 Å². The quantitative estimate of drug-likeness (QED) is 0.141. The van der Waals surface area contributed by atoms with Crippen LogP contribution < -0.4 is 0 Å². The van der Waals surface area contributed by atoms with Crippen molar-refractivity contribution in [2.24, 2.45) is 0 Å². The molecular formula is C44H37Cl2HfSi. The summed E-state index contributed by atoms with van der Waals surface area (Å²) in [4.78, 5) is 0. The number of rotatable bonds is 7. The van der Waals surface area contributed by atoms with Gasteiger partial charge in [0.1, 0.15) is 0 Å². The molecule has 6 aromatic rings. The first kappa shape index (κ1) is 31.7. The first-order chi connectivity index (χ1) is 23.4. The van der Waals surface area contributed by atoms with Crippen molar-refractivity contribution in [1.29, 1.82) is 0 Å². The maximum atomic E-state index is 8.85. The fourth-order valence-corrected chi connectivity index (χ4v) is 50.9. The molecule has 0 aliphatic heterocycles. The van der Waals surface area contributed by atoms with Gasteiger partial charge >= 0.3 is 296 Å². The third-order valence-corrected chi connectivity index (χ3v) is 83.1. The second-order valence-electron chi connectivity index (χ2n) is 13.5. The molecule has 4 heteroatoms. The number of fused-ring (bicyclic) bond motifs is 2. The van der Waals surface area contributed by atoms with Crippen LogP contribution in [0.4, 0.5) is 0 Å². The Balaban J connectivity index is 1.43. The molecule has 0 saturated heterocycles. The van der Waals surface area contributed by atoms with Crippen LogP contribution in [0.3, 0.4) is 0 Å². The minimum absolute atomic E-state index is 0.0542. The molecular weight excluding hydrogens is 806 g/mol. The van der Waals surface area contributed by atoms with Crippen LogP contribution in [0, 0.1) is 0 Å². The van der Waals surface area contributed by atoms with E-state index >= 15 is 0 Å². The standard InChI is InChI=1S/2C21H15.C2H7Si.2ClH.Hf/c2*1-3-8-16(9-4-1)19-14-18-12-7-13-20(21(18)15-19)17-10-5-2-6-11-17;1-3-2;;;/h2*1-15H;3H,1-2H3;2*1H;/q;;;;;+2/p-2. The van der Waals surface area contributed by atoms with Crippen LogP contribution in [0.15, 0.2) is 158 Å². The molecule has 2 unspecified atom stereocenters. The second-order valence-corrected chi connectivity index (χ2v) is 72.8. The van der Waals surface area contributed by atoms with E-state index in [-0.39, 0.29) is 7.35 Å². The number of allylic oxidation sites excluding steroid dienone is 2. The van der Waals surface area contributed by atoms with Crippen molar-refractivity contribution in [3.8, 4) is 22.3 Å². The Bertz CT molecular complexity index is 2040. The molecule has 8 rings (SSSR count). The van der Waals surface area contributed by atoms with E-state index in [0.29, 0.717) is 0 Å². The van der Waals surface area contributed by atoms with Gasteiger partial charge in [-0.15, -0.1) is 0 Å². The zero-order valence-corrected chi connectivity index (χ0v) is 33.4. The van der Waals surface area contributed by atoms with Crippen LogP contribution in [0.2, 0.25) is 13.1 Å². The topological polar surface area (TPSA) is 0 Å². The van der Waals surface area contributed by atoms with Crippen LogP contribution >= 0.6 is 17.2 Å². The number of halogens is 2. The third kappa shape index (κ3) is 5.03. The molecule has 0 spiro atoms. The molecule has 0 bridgehead atoms. The van der Waals surface area contributed by atoms with Crippen molar-refractivity contribution >= 4 is 46.4 Å². The zero-order chi connectivity index (χ0) is 32.9. The van der Waals surface area contributed by atoms with Gasteiger partial charge in [-0.3, -0.25) is 0 Å². The van der Waals surface area contributed by atoms with Crippen molar-refractivity contribution < 1.29 is 15.3 Å². The van der Waals surface area contributed by atoms with Gasteiger partial charge in [0, 0.05) is 0 Å². The summed E-state index contributed by atoms with van der Waals surface area (Å²) < 4.78 is -0.108. The Labute approximate surface area is 293 Å². The predicted molar refractivity (Wildman–Crippen MR) is 208 cm³/mol. The molecule has 0 N–H and O–H groups in total. The van der Waals surface area contributed by atoms with Crippen LogP contribution in [-0.2, 0) is 15.3 Å². The molecule has 2 aliphatic carbocycles. The van der Waals surface area contributed by atoms with Gasteiger partial charge in [0.25, 0.3) is 0 Å². The van der Waals surface area contributed by atoms with E-state index in [9.17, 15) is 0 Å². The first-order valence-electron chi connectivity index (χ1n) is 16.8. The summed E-state index contributed by atoms with van der Waals surface area (Å²) in [6.07, 6.45) is 4.86. The Morgan fingerprint density at radius 2 is 0.750 bits per heavy atom. The van der Waals surface area contributed by atoms with Crippen LogP contribution in [-0.4, -0.2) is 5.98 Å². The van der Waals surface area contributed by atoms with Crippen LogP contribution in [0.5, 0.6) is 0 Å². The summed E-state index contributed by atoms with van der Waals surface area (Å²) in [7, 11) is 17.7. The van der Waals surface area contributed by atoms with Crippen molar-refractivity contribution in [2.45, 2.75) is 20.4 Å². The second kappa shape index (κ2) is 12.4. The zero-order valence-electron chi connectivity index (χ0n) is 27.2. The molecule has 2 atom stereocenters. The van der Waals surface area contributed by atoms with Crippen LogP contribution in [0.1, 0.15) is 40.7 Å². The third-order valence-electron chi connectivity index (χ3n) is 10.7. The molecule has 0 amide bonds. The Morgan fingerprint density at radius 3 is 1.08 bits per heavy atom. The number of benzene rings is 6. The summed E-state index contributed by atoms with van der Waals surface area (Å²) in [5.74, 6) is -1.77. The van der Waals surface area contributed by atoms with Crippen molar-refractivity contribution in [3.05, 3.63) is 191 Å². The fraction of sp³-hybridized carbons (Fsp3) is 0.0909. The normalized spacial score (nSPS) is 17.6. The van der Waals surface area contributed by atoms with Gasteiger partial charge in [-0.05, 0) is 0 Å². The van der Waals surface area contributed by atoms with E-state index in [4.69, 9.17) is 17.2 Å². The molecule has 0 saturated carbocycles. The van der Waals surface area contributed by atoms with E-state index in [1.54, 1.807) is 0 Å². The Kier molecular flexibility index (Phi) is 8.20. The van der Waals surface area contributed by atoms with Gasteiger partial charge in [0.2, 0.25) is 0 Å². The monoisotopic (exact) mass is 843 g/mol. The average Bonchev–Trinajstić information content (AvgIpc) is 3.74. The molecule has 0 radical (unpaired) electrons. The Hall–Kier alpha value is -3.53. The van der Waals surface area contributed by atoms with Gasteiger partial charge < -0.3 is 0 Å². The van der Waals surface area contributed by atoms with Crippen molar-refractivity contribution in [3.63, 3.8) is 0 Å². The molecule has 0 fully saturated rings. The molecule has 0 nitrogen and oxygen atoms in total. The van der Waals surface area contributed by atoms with Gasteiger partial charge in [0.05, 0.1) is 0 Å². The summed E-state index contributed by atoms with van der Waals surface area (Å²) >= 11 is -5.27. The molecule has 0 heterocycles. The van der Waals surface area contributed by atoms with E-state index in [0.717, 1.165) is 0 Å². The van der Waals surface area contributed by atoms with Crippen molar-refractivity contribution in [1.82, 2.24) is 0 Å². The van der Waals surface area contributed by atoms with Gasteiger partial charge in [0.15, 0.2) is 0 Å². The summed E-state index contributed by atoms with van der Waals surface area (Å²) in [6.45, 7) is 4.86. The van der Waals surface area contributed by atoms with E-state index in [2.05, 4.69) is 183 Å².